The second kappa shape index (κ2) is 9.31. The first-order chi connectivity index (χ1) is 14.5. The third-order valence-corrected chi connectivity index (χ3v) is 5.21. The zero-order valence-electron chi connectivity index (χ0n) is 17.9. The molecule has 0 atom stereocenters. The molecule has 0 aliphatic heterocycles. The quantitative estimate of drug-likeness (QED) is 0.377. The Morgan fingerprint density at radius 3 is 2.19 bits per heavy atom. The molecule has 0 fully saturated rings. The Morgan fingerprint density at radius 2 is 1.58 bits per heavy atom. The Bertz CT molecular complexity index is 1210. The molecule has 1 heterocycles. The van der Waals surface area contributed by atoms with Crippen LogP contribution in [0, 0.1) is 5.82 Å². The summed E-state index contributed by atoms with van der Waals surface area (Å²) in [6.07, 6.45) is 0. The molecule has 4 rings (SSSR count). The van der Waals surface area contributed by atoms with E-state index in [0.29, 0.717) is 11.2 Å². The molecule has 4 nitrogen and oxygen atoms in total. The molecule has 0 amide bonds. The summed E-state index contributed by atoms with van der Waals surface area (Å²) in [5.41, 5.74) is 4.31. The van der Waals surface area contributed by atoms with Crippen molar-refractivity contribution in [3.8, 4) is 28.4 Å². The lowest BCUT2D eigenvalue weighted by atomic mass is 9.97. The van der Waals surface area contributed by atoms with Crippen LogP contribution in [0.3, 0.4) is 0 Å². The zero-order valence-corrected chi connectivity index (χ0v) is 18.8. The Kier molecular flexibility index (Phi) is 6.76. The smallest absolute Gasteiger partial charge is 0.160 e. The van der Waals surface area contributed by atoms with E-state index in [-0.39, 0.29) is 24.1 Å². The Labute approximate surface area is 187 Å². The number of benzene rings is 3. The maximum atomic E-state index is 14.4. The van der Waals surface area contributed by atoms with Gasteiger partial charge in [0.25, 0.3) is 0 Å². The van der Waals surface area contributed by atoms with Crippen LogP contribution < -0.4 is 10.1 Å². The van der Waals surface area contributed by atoms with E-state index >= 15 is 0 Å². The molecule has 0 bridgehead atoms. The molecule has 160 valence electrons. The Balaban J connectivity index is 0.00000272. The zero-order chi connectivity index (χ0) is 21.3. The highest BCUT2D eigenvalue weighted by molar-refractivity contribution is 5.99. The number of aromatic nitrogens is 2. The van der Waals surface area contributed by atoms with Gasteiger partial charge in [-0.25, -0.2) is 14.4 Å². The first-order valence-corrected chi connectivity index (χ1v) is 9.95. The molecule has 0 unspecified atom stereocenters. The van der Waals surface area contributed by atoms with Crippen molar-refractivity contribution in [2.75, 3.05) is 19.5 Å². The number of anilines is 1. The van der Waals surface area contributed by atoms with Crippen LogP contribution in [0.1, 0.15) is 25.5 Å². The molecule has 0 radical (unpaired) electrons. The van der Waals surface area contributed by atoms with E-state index in [1.54, 1.807) is 19.2 Å². The standard InChI is InChI=1S/C25H24FN3O.ClH/c1-15(2)22-24(27-3)23(20-13-14-21(26)19-8-6-5-7-18(19)20)29-25(28-22)16-9-11-17(30-4)12-10-16;/h5-15,27H,1-4H3;1H. The highest BCUT2D eigenvalue weighted by Gasteiger charge is 2.20. The van der Waals surface area contributed by atoms with Gasteiger partial charge in [-0.15, -0.1) is 12.4 Å². The van der Waals surface area contributed by atoms with Crippen LogP contribution in [0.2, 0.25) is 0 Å². The summed E-state index contributed by atoms with van der Waals surface area (Å²) in [6.45, 7) is 4.21. The number of rotatable bonds is 5. The predicted molar refractivity (Wildman–Crippen MR) is 128 cm³/mol. The SMILES string of the molecule is CNc1c(-c2ccc(F)c3ccccc23)nc(-c2ccc(OC)cc2)nc1C(C)C.Cl. The minimum Gasteiger partial charge on any atom is -0.497 e. The molecule has 0 spiro atoms. The minimum absolute atomic E-state index is 0. The lowest BCUT2D eigenvalue weighted by Gasteiger charge is -2.18. The topological polar surface area (TPSA) is 47.0 Å². The predicted octanol–water partition coefficient (Wildman–Crippen LogP) is 6.70. The van der Waals surface area contributed by atoms with Crippen LogP contribution in [-0.2, 0) is 0 Å². The van der Waals surface area contributed by atoms with Crippen molar-refractivity contribution in [2.24, 2.45) is 0 Å². The van der Waals surface area contributed by atoms with E-state index in [2.05, 4.69) is 19.2 Å². The molecule has 1 aromatic heterocycles. The van der Waals surface area contributed by atoms with Gasteiger partial charge in [-0.05, 0) is 47.7 Å². The van der Waals surface area contributed by atoms with E-state index in [1.165, 1.54) is 6.07 Å². The first kappa shape index (κ1) is 22.5. The molecule has 6 heteroatoms. The van der Waals surface area contributed by atoms with E-state index in [0.717, 1.165) is 39.3 Å². The van der Waals surface area contributed by atoms with Gasteiger partial charge in [-0.3, -0.25) is 0 Å². The van der Waals surface area contributed by atoms with Crippen LogP contribution in [0.4, 0.5) is 10.1 Å². The first-order valence-electron chi connectivity index (χ1n) is 9.95. The van der Waals surface area contributed by atoms with Gasteiger partial charge in [0.15, 0.2) is 5.82 Å². The fraction of sp³-hybridized carbons (Fsp3) is 0.200. The third-order valence-electron chi connectivity index (χ3n) is 5.21. The Morgan fingerprint density at radius 1 is 0.903 bits per heavy atom. The summed E-state index contributed by atoms with van der Waals surface area (Å²) in [4.78, 5) is 9.79. The van der Waals surface area contributed by atoms with Crippen LogP contribution in [0.25, 0.3) is 33.4 Å². The number of nitrogens with one attached hydrogen (secondary N) is 1. The number of nitrogens with zero attached hydrogens (tertiary/aromatic N) is 2. The van der Waals surface area contributed by atoms with E-state index in [4.69, 9.17) is 14.7 Å². The van der Waals surface area contributed by atoms with Gasteiger partial charge in [0.05, 0.1) is 24.2 Å². The van der Waals surface area contributed by atoms with Crippen molar-refractivity contribution in [2.45, 2.75) is 19.8 Å². The molecule has 0 saturated carbocycles. The third kappa shape index (κ3) is 4.19. The van der Waals surface area contributed by atoms with Gasteiger partial charge in [0, 0.05) is 23.6 Å². The maximum absolute atomic E-state index is 14.4. The summed E-state index contributed by atoms with van der Waals surface area (Å²) in [6, 6.07) is 18.5. The number of halogens is 2. The van der Waals surface area contributed by atoms with Crippen molar-refractivity contribution >= 4 is 28.9 Å². The van der Waals surface area contributed by atoms with Crippen molar-refractivity contribution in [3.05, 3.63) is 72.2 Å². The second-order valence-corrected chi connectivity index (χ2v) is 7.43. The summed E-state index contributed by atoms with van der Waals surface area (Å²) < 4.78 is 19.7. The summed E-state index contributed by atoms with van der Waals surface area (Å²) in [5.74, 6) is 1.34. The van der Waals surface area contributed by atoms with Crippen LogP contribution in [-0.4, -0.2) is 24.1 Å². The molecule has 0 saturated heterocycles. The second-order valence-electron chi connectivity index (χ2n) is 7.43. The highest BCUT2D eigenvalue weighted by atomic mass is 35.5. The van der Waals surface area contributed by atoms with Crippen LogP contribution in [0.15, 0.2) is 60.7 Å². The van der Waals surface area contributed by atoms with E-state index in [1.807, 2.05) is 49.5 Å². The average Bonchev–Trinajstić information content (AvgIpc) is 2.78. The van der Waals surface area contributed by atoms with Crippen molar-refractivity contribution < 1.29 is 9.13 Å². The van der Waals surface area contributed by atoms with Gasteiger partial charge in [0.1, 0.15) is 11.6 Å². The lowest BCUT2D eigenvalue weighted by molar-refractivity contribution is 0.415. The van der Waals surface area contributed by atoms with Crippen molar-refractivity contribution in [3.63, 3.8) is 0 Å². The maximum Gasteiger partial charge on any atom is 0.160 e. The molecule has 3 aromatic carbocycles. The molecule has 1 N–H and O–H groups in total. The number of methoxy groups -OCH3 is 1. The highest BCUT2D eigenvalue weighted by Crippen LogP contribution is 2.38. The number of hydrogen-bond acceptors (Lipinski definition) is 4. The molecule has 0 aliphatic rings. The molecule has 4 aromatic rings. The molecular formula is C25H25ClFN3O. The monoisotopic (exact) mass is 437 g/mol. The largest absolute Gasteiger partial charge is 0.497 e. The van der Waals surface area contributed by atoms with Gasteiger partial charge in [-0.2, -0.15) is 0 Å². The molecule has 31 heavy (non-hydrogen) atoms. The summed E-state index contributed by atoms with van der Waals surface area (Å²) >= 11 is 0. The summed E-state index contributed by atoms with van der Waals surface area (Å²) in [7, 11) is 3.51. The van der Waals surface area contributed by atoms with Gasteiger partial charge in [0.2, 0.25) is 0 Å². The van der Waals surface area contributed by atoms with E-state index in [9.17, 15) is 4.39 Å². The van der Waals surface area contributed by atoms with Crippen LogP contribution >= 0.6 is 12.4 Å². The number of fused-ring (bicyclic) bond motifs is 1. The normalized spacial score (nSPS) is 10.8. The van der Waals surface area contributed by atoms with Gasteiger partial charge < -0.3 is 10.1 Å². The van der Waals surface area contributed by atoms with E-state index < -0.39 is 0 Å². The van der Waals surface area contributed by atoms with Crippen molar-refractivity contribution in [1.82, 2.24) is 9.97 Å². The molecular weight excluding hydrogens is 413 g/mol. The fourth-order valence-corrected chi connectivity index (χ4v) is 3.68. The number of ether oxygens (including phenoxy) is 1. The number of hydrogen-bond donors (Lipinski definition) is 1. The average molecular weight is 438 g/mol. The summed E-state index contributed by atoms with van der Waals surface area (Å²) in [5, 5.41) is 4.68. The van der Waals surface area contributed by atoms with Gasteiger partial charge >= 0.3 is 0 Å². The lowest BCUT2D eigenvalue weighted by Crippen LogP contribution is -2.07. The van der Waals surface area contributed by atoms with Crippen molar-refractivity contribution in [1.29, 1.82) is 0 Å². The molecule has 0 aliphatic carbocycles. The minimum atomic E-state index is -0.242. The van der Waals surface area contributed by atoms with Crippen LogP contribution in [0.5, 0.6) is 5.75 Å². The van der Waals surface area contributed by atoms with Gasteiger partial charge in [-0.1, -0.05) is 38.1 Å². The fourth-order valence-electron chi connectivity index (χ4n) is 3.68. The Hall–Kier alpha value is -3.18.